The topological polar surface area (TPSA) is 114 Å². The molecule has 9 nitrogen and oxygen atoms in total. The van der Waals surface area contributed by atoms with Crippen LogP contribution in [-0.2, 0) is 27.3 Å². The van der Waals surface area contributed by atoms with Gasteiger partial charge in [0.25, 0.3) is 0 Å². The van der Waals surface area contributed by atoms with Crippen molar-refractivity contribution in [3.63, 3.8) is 0 Å². The van der Waals surface area contributed by atoms with Crippen LogP contribution in [0.15, 0.2) is 36.4 Å². The van der Waals surface area contributed by atoms with Crippen molar-refractivity contribution in [2.24, 2.45) is 0 Å². The van der Waals surface area contributed by atoms with Crippen LogP contribution in [0.25, 0.3) is 10.9 Å². The third-order valence-electron chi connectivity index (χ3n) is 5.83. The Kier molecular flexibility index (Phi) is 7.25. The summed E-state index contributed by atoms with van der Waals surface area (Å²) >= 11 is 5.87. The molecule has 0 bridgehead atoms. The Labute approximate surface area is 207 Å². The third-order valence-corrected chi connectivity index (χ3v) is 6.04. The summed E-state index contributed by atoms with van der Waals surface area (Å²) in [5.74, 6) is -0.464. The number of fused-ring (bicyclic) bond motifs is 1. The summed E-state index contributed by atoms with van der Waals surface area (Å²) in [5, 5.41) is 7.93. The largest absolute Gasteiger partial charge is 0.329 e. The molecule has 1 fully saturated rings. The van der Waals surface area contributed by atoms with Crippen LogP contribution in [-0.4, -0.2) is 55.6 Å². The van der Waals surface area contributed by atoms with Crippen LogP contribution < -0.4 is 5.32 Å². The summed E-state index contributed by atoms with van der Waals surface area (Å²) < 4.78 is 1.49. The maximum absolute atomic E-state index is 13.2. The van der Waals surface area contributed by atoms with Gasteiger partial charge in [-0.1, -0.05) is 30.7 Å². The normalized spacial score (nSPS) is 13.0. The van der Waals surface area contributed by atoms with Crippen LogP contribution >= 0.6 is 11.6 Å². The van der Waals surface area contributed by atoms with E-state index in [0.717, 1.165) is 18.4 Å². The second-order valence-electron chi connectivity index (χ2n) is 8.63. The van der Waals surface area contributed by atoms with Gasteiger partial charge in [-0.05, 0) is 42.7 Å². The fourth-order valence-electron chi connectivity index (χ4n) is 3.91. The lowest BCUT2D eigenvalue weighted by atomic mass is 10.0. The minimum atomic E-state index is -0.375. The fourth-order valence-corrected chi connectivity index (χ4v) is 4.07. The number of aromatic nitrogens is 3. The molecule has 3 aromatic rings. The van der Waals surface area contributed by atoms with Gasteiger partial charge in [0.2, 0.25) is 11.8 Å². The Morgan fingerprint density at radius 3 is 2.60 bits per heavy atom. The number of amides is 2. The van der Waals surface area contributed by atoms with Gasteiger partial charge in [-0.2, -0.15) is 5.10 Å². The van der Waals surface area contributed by atoms with Crippen LogP contribution in [0, 0.1) is 0 Å². The van der Waals surface area contributed by atoms with E-state index in [1.54, 1.807) is 30.3 Å². The van der Waals surface area contributed by atoms with E-state index in [1.807, 2.05) is 13.0 Å². The molecular weight excluding hydrogens is 470 g/mol. The molecule has 2 aromatic heterocycles. The van der Waals surface area contributed by atoms with Crippen molar-refractivity contribution in [1.29, 1.82) is 0 Å². The molecular formula is C25H26ClN5O4. The van der Waals surface area contributed by atoms with Gasteiger partial charge in [0.05, 0.1) is 5.52 Å². The van der Waals surface area contributed by atoms with E-state index in [-0.39, 0.29) is 59.8 Å². The highest BCUT2D eigenvalue weighted by atomic mass is 35.5. The van der Waals surface area contributed by atoms with Gasteiger partial charge in [0.15, 0.2) is 5.78 Å². The second-order valence-corrected chi connectivity index (χ2v) is 9.02. The van der Waals surface area contributed by atoms with Crippen molar-refractivity contribution < 1.29 is 19.2 Å². The zero-order chi connectivity index (χ0) is 25.1. The Balaban J connectivity index is 1.53. The monoisotopic (exact) mass is 495 g/mol. The van der Waals surface area contributed by atoms with Gasteiger partial charge in [-0.3, -0.25) is 23.9 Å². The number of hydrogen-bond donors (Lipinski definition) is 1. The Morgan fingerprint density at radius 2 is 1.94 bits per heavy atom. The highest BCUT2D eigenvalue weighted by Gasteiger charge is 2.34. The van der Waals surface area contributed by atoms with Crippen molar-refractivity contribution >= 4 is 51.7 Å². The predicted octanol–water partition coefficient (Wildman–Crippen LogP) is 3.44. The first-order valence-corrected chi connectivity index (χ1v) is 11.9. The van der Waals surface area contributed by atoms with Crippen LogP contribution in [0.4, 0.5) is 5.82 Å². The molecule has 0 atom stereocenters. The van der Waals surface area contributed by atoms with Gasteiger partial charge < -0.3 is 10.2 Å². The molecule has 35 heavy (non-hydrogen) atoms. The molecule has 1 aromatic carbocycles. The summed E-state index contributed by atoms with van der Waals surface area (Å²) in [7, 11) is 0. The maximum atomic E-state index is 13.2. The van der Waals surface area contributed by atoms with Gasteiger partial charge in [0, 0.05) is 31.2 Å². The molecule has 0 aliphatic heterocycles. The number of halogens is 1. The summed E-state index contributed by atoms with van der Waals surface area (Å²) in [6, 6.07) is 10.3. The number of hydrogen-bond acceptors (Lipinski definition) is 6. The maximum Gasteiger partial charge on any atom is 0.245 e. The van der Waals surface area contributed by atoms with E-state index < -0.39 is 0 Å². The molecule has 1 saturated carbocycles. The van der Waals surface area contributed by atoms with Crippen molar-refractivity contribution in [3.8, 4) is 0 Å². The fraction of sp³-hybridized carbons (Fsp3) is 0.360. The number of carbonyl (C=O) groups excluding carboxylic acids is 4. The molecule has 1 aliphatic carbocycles. The number of benzene rings is 1. The highest BCUT2D eigenvalue weighted by molar-refractivity contribution is 6.29. The van der Waals surface area contributed by atoms with Crippen molar-refractivity contribution in [2.75, 3.05) is 11.9 Å². The number of carbonyl (C=O) groups is 4. The molecule has 0 radical (unpaired) electrons. The van der Waals surface area contributed by atoms with Crippen LogP contribution in [0.3, 0.4) is 0 Å². The summed E-state index contributed by atoms with van der Waals surface area (Å²) in [6.07, 6.45) is 2.35. The molecule has 4 rings (SSSR count). The second kappa shape index (κ2) is 10.4. The minimum absolute atomic E-state index is 0.0127. The van der Waals surface area contributed by atoms with Gasteiger partial charge >= 0.3 is 0 Å². The van der Waals surface area contributed by atoms with Crippen molar-refractivity contribution in [3.05, 3.63) is 52.8 Å². The van der Waals surface area contributed by atoms with E-state index in [4.69, 9.17) is 11.6 Å². The van der Waals surface area contributed by atoms with Crippen LogP contribution in [0.5, 0.6) is 0 Å². The minimum Gasteiger partial charge on any atom is -0.329 e. The van der Waals surface area contributed by atoms with Crippen molar-refractivity contribution in [1.82, 2.24) is 19.7 Å². The lowest BCUT2D eigenvalue weighted by Crippen LogP contribution is -2.41. The molecule has 1 N–H and O–H groups in total. The molecule has 10 heteroatoms. The molecule has 2 amide bonds. The average molecular weight is 496 g/mol. The number of nitrogens with zero attached hydrogens (tertiary/aromatic N) is 4. The van der Waals surface area contributed by atoms with Crippen LogP contribution in [0.1, 0.15) is 49.2 Å². The first kappa shape index (κ1) is 24.5. The van der Waals surface area contributed by atoms with Gasteiger partial charge in [0.1, 0.15) is 35.5 Å². The molecule has 0 unspecified atom stereocenters. The third kappa shape index (κ3) is 5.92. The Morgan fingerprint density at radius 1 is 1.17 bits per heavy atom. The number of rotatable bonds is 10. The standard InChI is InChI=1S/C25H26ClN5O4/c1-3-18(33)11-16-7-10-20-19(12-16)25(15(2)32)29-31(20)14-24(35)30(17-8-9-17)13-23(34)28-22-6-4-5-21(26)27-22/h4-7,10,12,17H,3,8-9,11,13-14H2,1-2H3,(H,27,28,34). The molecule has 2 heterocycles. The zero-order valence-corrected chi connectivity index (χ0v) is 20.3. The quantitative estimate of drug-likeness (QED) is 0.340. The highest BCUT2D eigenvalue weighted by Crippen LogP contribution is 2.28. The summed E-state index contributed by atoms with van der Waals surface area (Å²) in [5.41, 5.74) is 1.67. The number of anilines is 1. The first-order valence-electron chi connectivity index (χ1n) is 11.5. The Bertz CT molecular complexity index is 1310. The molecule has 0 spiro atoms. The number of ketones is 2. The molecule has 1 aliphatic rings. The summed E-state index contributed by atoms with van der Waals surface area (Å²) in [6.45, 7) is 2.99. The lowest BCUT2D eigenvalue weighted by Gasteiger charge is -2.22. The zero-order valence-electron chi connectivity index (χ0n) is 19.6. The molecule has 182 valence electrons. The van der Waals surface area contributed by atoms with E-state index >= 15 is 0 Å². The van der Waals surface area contributed by atoms with E-state index in [0.29, 0.717) is 23.1 Å². The molecule has 0 saturated heterocycles. The summed E-state index contributed by atoms with van der Waals surface area (Å²) in [4.78, 5) is 55.5. The smallest absolute Gasteiger partial charge is 0.245 e. The number of Topliss-reactive ketones (excluding diaryl/α,β-unsaturated/α-hetero) is 2. The lowest BCUT2D eigenvalue weighted by molar-refractivity contribution is -0.135. The number of pyridine rings is 1. The SMILES string of the molecule is CCC(=O)Cc1ccc2c(c1)c(C(C)=O)nn2CC(=O)N(CC(=O)Nc1cccc(Cl)n1)C1CC1. The average Bonchev–Trinajstić information content (AvgIpc) is 3.59. The van der Waals surface area contributed by atoms with E-state index in [1.165, 1.54) is 16.5 Å². The van der Waals surface area contributed by atoms with Gasteiger partial charge in [-0.15, -0.1) is 0 Å². The predicted molar refractivity (Wildman–Crippen MR) is 131 cm³/mol. The van der Waals surface area contributed by atoms with E-state index in [2.05, 4.69) is 15.4 Å². The first-order chi connectivity index (χ1) is 16.7. The number of nitrogens with one attached hydrogen (secondary N) is 1. The van der Waals surface area contributed by atoms with Crippen LogP contribution in [0.2, 0.25) is 5.15 Å². The Hall–Kier alpha value is -3.59. The van der Waals surface area contributed by atoms with Gasteiger partial charge in [-0.25, -0.2) is 4.98 Å². The van der Waals surface area contributed by atoms with E-state index in [9.17, 15) is 19.2 Å². The van der Waals surface area contributed by atoms with Crippen molar-refractivity contribution in [2.45, 2.75) is 52.1 Å².